The molecule has 1 amide bonds. The molecule has 2 atom stereocenters. The van der Waals surface area contributed by atoms with E-state index in [2.05, 4.69) is 10.2 Å². The third kappa shape index (κ3) is 4.45. The van der Waals surface area contributed by atoms with Crippen LogP contribution in [0.5, 0.6) is 0 Å². The number of rotatable bonds is 5. The van der Waals surface area contributed by atoms with E-state index in [-0.39, 0.29) is 29.8 Å². The van der Waals surface area contributed by atoms with Gasteiger partial charge in [-0.05, 0) is 43.9 Å². The average Bonchev–Trinajstić information content (AvgIpc) is 2.54. The number of nitrogens with one attached hydrogen (secondary N) is 1. The molecule has 0 bridgehead atoms. The summed E-state index contributed by atoms with van der Waals surface area (Å²) in [6.07, 6.45) is 1.11. The van der Waals surface area contributed by atoms with Crippen molar-refractivity contribution < 1.29 is 14.3 Å². The third-order valence-electron chi connectivity index (χ3n) is 4.64. The van der Waals surface area contributed by atoms with E-state index in [0.717, 1.165) is 11.3 Å². The second-order valence-electron chi connectivity index (χ2n) is 6.92. The fourth-order valence-electron chi connectivity index (χ4n) is 2.96. The van der Waals surface area contributed by atoms with Crippen LogP contribution in [0.4, 0.5) is 10.1 Å². The Morgan fingerprint density at radius 3 is 2.54 bits per heavy atom. The van der Waals surface area contributed by atoms with Gasteiger partial charge < -0.3 is 21.1 Å². The SMILES string of the molecule is CC(NC(=O)[C@@H](N)C(C)C)c1cc(F)ccc1N1CCC(O)CC1. The third-order valence-corrected chi connectivity index (χ3v) is 4.64. The van der Waals surface area contributed by atoms with E-state index < -0.39 is 6.04 Å². The lowest BCUT2D eigenvalue weighted by molar-refractivity contribution is -0.123. The first-order valence-electron chi connectivity index (χ1n) is 8.58. The van der Waals surface area contributed by atoms with Gasteiger partial charge in [-0.25, -0.2) is 4.39 Å². The van der Waals surface area contributed by atoms with Crippen molar-refractivity contribution in [2.75, 3.05) is 18.0 Å². The Hall–Kier alpha value is -1.66. The van der Waals surface area contributed by atoms with Crippen molar-refractivity contribution in [3.63, 3.8) is 0 Å². The number of nitrogens with two attached hydrogens (primary N) is 1. The molecule has 2 rings (SSSR count). The van der Waals surface area contributed by atoms with Crippen molar-refractivity contribution in [2.45, 2.75) is 51.8 Å². The molecule has 0 saturated carbocycles. The van der Waals surface area contributed by atoms with Gasteiger partial charge in [0.1, 0.15) is 5.82 Å². The molecule has 1 aromatic rings. The van der Waals surface area contributed by atoms with E-state index in [1.807, 2.05) is 20.8 Å². The number of nitrogens with zero attached hydrogens (tertiary/aromatic N) is 1. The molecule has 1 aromatic carbocycles. The maximum Gasteiger partial charge on any atom is 0.237 e. The lowest BCUT2D eigenvalue weighted by Crippen LogP contribution is -2.45. The van der Waals surface area contributed by atoms with E-state index in [9.17, 15) is 14.3 Å². The van der Waals surface area contributed by atoms with Crippen LogP contribution >= 0.6 is 0 Å². The topological polar surface area (TPSA) is 78.6 Å². The number of benzene rings is 1. The quantitative estimate of drug-likeness (QED) is 0.767. The van der Waals surface area contributed by atoms with Gasteiger partial charge in [0.25, 0.3) is 0 Å². The number of amides is 1. The van der Waals surface area contributed by atoms with Crippen molar-refractivity contribution in [3.8, 4) is 0 Å². The van der Waals surface area contributed by atoms with Crippen LogP contribution in [0.25, 0.3) is 0 Å². The number of aliphatic hydroxyl groups is 1. The standard InChI is InChI=1S/C18H28FN3O2/c1-11(2)17(20)18(24)21-12(3)15-10-13(19)4-5-16(15)22-8-6-14(23)7-9-22/h4-5,10-12,14,17,23H,6-9,20H2,1-3H3,(H,21,24)/t12?,17-/m0/s1. The van der Waals surface area contributed by atoms with Gasteiger partial charge in [-0.3, -0.25) is 4.79 Å². The van der Waals surface area contributed by atoms with Crippen molar-refractivity contribution in [1.29, 1.82) is 0 Å². The molecule has 4 N–H and O–H groups in total. The first-order chi connectivity index (χ1) is 11.3. The van der Waals surface area contributed by atoms with Crippen LogP contribution in [0.15, 0.2) is 18.2 Å². The molecule has 0 radical (unpaired) electrons. The number of carbonyl (C=O) groups excluding carboxylic acids is 1. The summed E-state index contributed by atoms with van der Waals surface area (Å²) in [6.45, 7) is 7.04. The normalized spacial score (nSPS) is 18.5. The Bertz CT molecular complexity index is 571. The Kier molecular flexibility index (Phi) is 6.18. The molecule has 0 aliphatic carbocycles. The van der Waals surface area contributed by atoms with E-state index in [4.69, 9.17) is 5.73 Å². The molecule has 6 heteroatoms. The van der Waals surface area contributed by atoms with Gasteiger partial charge in [-0.2, -0.15) is 0 Å². The molecule has 1 fully saturated rings. The lowest BCUT2D eigenvalue weighted by atomic mass is 10.00. The number of carbonyl (C=O) groups is 1. The monoisotopic (exact) mass is 337 g/mol. The van der Waals surface area contributed by atoms with E-state index >= 15 is 0 Å². The number of hydrogen-bond donors (Lipinski definition) is 3. The highest BCUT2D eigenvalue weighted by Crippen LogP contribution is 2.29. The first kappa shape index (κ1) is 18.7. The second-order valence-corrected chi connectivity index (χ2v) is 6.92. The van der Waals surface area contributed by atoms with Crippen LogP contribution in [0.1, 0.15) is 45.2 Å². The number of hydrogen-bond acceptors (Lipinski definition) is 4. The Morgan fingerprint density at radius 1 is 1.33 bits per heavy atom. The summed E-state index contributed by atoms with van der Waals surface area (Å²) in [4.78, 5) is 14.3. The van der Waals surface area contributed by atoms with Gasteiger partial charge in [0.05, 0.1) is 18.2 Å². The molecule has 1 aliphatic heterocycles. The Labute approximate surface area is 143 Å². The van der Waals surface area contributed by atoms with Crippen molar-refractivity contribution in [2.24, 2.45) is 11.7 Å². The fourth-order valence-corrected chi connectivity index (χ4v) is 2.96. The number of halogens is 1. The van der Waals surface area contributed by atoms with Gasteiger partial charge in [-0.15, -0.1) is 0 Å². The Balaban J connectivity index is 2.19. The summed E-state index contributed by atoms with van der Waals surface area (Å²) in [6, 6.07) is 3.70. The van der Waals surface area contributed by atoms with Crippen LogP contribution < -0.4 is 16.0 Å². The highest BCUT2D eigenvalue weighted by atomic mass is 19.1. The number of anilines is 1. The minimum Gasteiger partial charge on any atom is -0.393 e. The van der Waals surface area contributed by atoms with Gasteiger partial charge >= 0.3 is 0 Å². The van der Waals surface area contributed by atoms with Crippen LogP contribution in [-0.4, -0.2) is 36.2 Å². The predicted octanol–water partition coefficient (Wildman–Crippen LogP) is 1.95. The maximum atomic E-state index is 13.8. The molecule has 24 heavy (non-hydrogen) atoms. The molecule has 134 valence electrons. The zero-order valence-corrected chi connectivity index (χ0v) is 14.6. The van der Waals surface area contributed by atoms with Crippen molar-refractivity contribution >= 4 is 11.6 Å². The summed E-state index contributed by atoms with van der Waals surface area (Å²) < 4.78 is 13.8. The molecule has 1 heterocycles. The largest absolute Gasteiger partial charge is 0.393 e. The summed E-state index contributed by atoms with van der Waals surface area (Å²) >= 11 is 0. The minimum absolute atomic E-state index is 0.0350. The minimum atomic E-state index is -0.588. The zero-order valence-electron chi connectivity index (χ0n) is 14.6. The van der Waals surface area contributed by atoms with E-state index in [1.54, 1.807) is 6.07 Å². The van der Waals surface area contributed by atoms with Gasteiger partial charge in [0.2, 0.25) is 5.91 Å². The number of aliphatic hydroxyl groups excluding tert-OH is 1. The second kappa shape index (κ2) is 7.94. The molecule has 1 saturated heterocycles. The maximum absolute atomic E-state index is 13.8. The molecular weight excluding hydrogens is 309 g/mol. The van der Waals surface area contributed by atoms with Crippen molar-refractivity contribution in [1.82, 2.24) is 5.32 Å². The van der Waals surface area contributed by atoms with Crippen LogP contribution in [0.2, 0.25) is 0 Å². The predicted molar refractivity (Wildman–Crippen MR) is 93.2 cm³/mol. The summed E-state index contributed by atoms with van der Waals surface area (Å²) in [7, 11) is 0. The first-order valence-corrected chi connectivity index (χ1v) is 8.58. The van der Waals surface area contributed by atoms with E-state index in [0.29, 0.717) is 25.9 Å². The zero-order chi connectivity index (χ0) is 17.9. The smallest absolute Gasteiger partial charge is 0.237 e. The summed E-state index contributed by atoms with van der Waals surface area (Å²) in [5.74, 6) is -0.533. The summed E-state index contributed by atoms with van der Waals surface area (Å²) in [5, 5.41) is 12.6. The van der Waals surface area contributed by atoms with E-state index in [1.165, 1.54) is 12.1 Å². The highest BCUT2D eigenvalue weighted by molar-refractivity contribution is 5.82. The average molecular weight is 337 g/mol. The lowest BCUT2D eigenvalue weighted by Gasteiger charge is -2.34. The van der Waals surface area contributed by atoms with Crippen LogP contribution in [-0.2, 0) is 4.79 Å². The number of piperidine rings is 1. The molecule has 1 unspecified atom stereocenters. The molecular formula is C18H28FN3O2. The molecule has 1 aliphatic rings. The Morgan fingerprint density at radius 2 is 1.96 bits per heavy atom. The van der Waals surface area contributed by atoms with Crippen LogP contribution in [0.3, 0.4) is 0 Å². The van der Waals surface area contributed by atoms with Crippen LogP contribution in [0, 0.1) is 11.7 Å². The van der Waals surface area contributed by atoms with Gasteiger partial charge in [0.15, 0.2) is 0 Å². The highest BCUT2D eigenvalue weighted by Gasteiger charge is 2.24. The van der Waals surface area contributed by atoms with Gasteiger partial charge in [0, 0.05) is 24.3 Å². The molecule has 0 spiro atoms. The molecule has 0 aromatic heterocycles. The van der Waals surface area contributed by atoms with Gasteiger partial charge in [-0.1, -0.05) is 13.8 Å². The fraction of sp³-hybridized carbons (Fsp3) is 0.611. The molecule has 5 nitrogen and oxygen atoms in total. The summed E-state index contributed by atoms with van der Waals surface area (Å²) in [5.41, 5.74) is 7.52. The van der Waals surface area contributed by atoms with Crippen molar-refractivity contribution in [3.05, 3.63) is 29.6 Å².